The monoisotopic (exact) mass is 544 g/mol. The quantitative estimate of drug-likeness (QED) is 0.438. The van der Waals surface area contributed by atoms with Crippen LogP contribution in [0.2, 0.25) is 0 Å². The summed E-state index contributed by atoms with van der Waals surface area (Å²) in [6.07, 6.45) is 2.53. The molecule has 0 unspecified atom stereocenters. The fraction of sp³-hybridized carbons (Fsp3) is 0.414. The lowest BCUT2D eigenvalue weighted by atomic mass is 9.85. The number of amides is 1. The molecule has 7 nitrogen and oxygen atoms in total. The Kier molecular flexibility index (Phi) is 9.22. The molecular weight excluding hydrogens is 509 g/mol. The van der Waals surface area contributed by atoms with Crippen molar-refractivity contribution in [1.29, 1.82) is 0 Å². The Morgan fingerprint density at radius 3 is 2.21 bits per heavy atom. The molecule has 1 amide bonds. The molecule has 0 aliphatic carbocycles. The number of likely N-dealkylation sites (tertiary alicyclic amines) is 1. The highest BCUT2D eigenvalue weighted by atomic mass is 19.4. The van der Waals surface area contributed by atoms with Crippen LogP contribution in [0.4, 0.5) is 13.2 Å². The Balaban J connectivity index is 0.000000532. The van der Waals surface area contributed by atoms with E-state index < -0.39 is 12.1 Å². The number of alkyl halides is 3. The number of hydrogen-bond acceptors (Lipinski definition) is 4. The number of carbonyl (C=O) groups is 2. The van der Waals surface area contributed by atoms with Gasteiger partial charge in [0.25, 0.3) is 0 Å². The van der Waals surface area contributed by atoms with Crippen molar-refractivity contribution in [1.82, 2.24) is 19.4 Å². The maximum atomic E-state index is 13.0. The molecule has 3 aromatic rings. The van der Waals surface area contributed by atoms with Crippen molar-refractivity contribution in [2.75, 3.05) is 27.2 Å². The van der Waals surface area contributed by atoms with Gasteiger partial charge in [0.2, 0.25) is 5.91 Å². The Morgan fingerprint density at radius 2 is 1.67 bits per heavy atom. The highest BCUT2D eigenvalue weighted by Crippen LogP contribution is 2.31. The lowest BCUT2D eigenvalue weighted by Gasteiger charge is -2.34. The third-order valence-electron chi connectivity index (χ3n) is 6.80. The number of halogens is 3. The number of hydrogen-bond donors (Lipinski definition) is 1. The van der Waals surface area contributed by atoms with E-state index in [1.54, 1.807) is 6.08 Å². The number of fused-ring (bicyclic) bond motifs is 1. The number of para-hydroxylation sites is 1. The van der Waals surface area contributed by atoms with E-state index in [9.17, 15) is 18.0 Å². The summed E-state index contributed by atoms with van der Waals surface area (Å²) >= 11 is 0. The number of nitrogens with zero attached hydrogens (tertiary/aromatic N) is 4. The first-order valence-electron chi connectivity index (χ1n) is 12.7. The molecule has 2 heterocycles. The van der Waals surface area contributed by atoms with Crippen molar-refractivity contribution in [3.8, 4) is 5.69 Å². The third kappa shape index (κ3) is 7.69. The van der Waals surface area contributed by atoms with Crippen LogP contribution in [-0.2, 0) is 15.0 Å². The Labute approximate surface area is 226 Å². The number of imidazole rings is 1. The first kappa shape index (κ1) is 29.9. The predicted molar refractivity (Wildman–Crippen MR) is 146 cm³/mol. The van der Waals surface area contributed by atoms with E-state index in [0.717, 1.165) is 48.2 Å². The fourth-order valence-electron chi connectivity index (χ4n) is 4.36. The van der Waals surface area contributed by atoms with E-state index in [2.05, 4.69) is 61.6 Å². The minimum Gasteiger partial charge on any atom is -0.475 e. The summed E-state index contributed by atoms with van der Waals surface area (Å²) in [5, 5.41) is 7.12. The molecule has 1 aliphatic rings. The SMILES string of the molecule is CN1CCC(N(C)C(=O)C=Cc2cc(C(C)(C)C)cc3ncn(-c4ccccc4)c23)CC1.O=C(O)C(F)(F)F. The van der Waals surface area contributed by atoms with E-state index in [0.29, 0.717) is 6.04 Å². The van der Waals surface area contributed by atoms with Crippen LogP contribution in [0.25, 0.3) is 22.8 Å². The number of piperidine rings is 1. The van der Waals surface area contributed by atoms with Crippen molar-refractivity contribution < 1.29 is 27.9 Å². The van der Waals surface area contributed by atoms with Gasteiger partial charge in [-0.1, -0.05) is 39.0 Å². The summed E-state index contributed by atoms with van der Waals surface area (Å²) in [5.41, 5.74) is 5.23. The standard InChI is InChI=1S/C27H34N4O.C2HF3O2/c1-27(2,3)21-17-20(11-12-25(32)30(5)22-13-15-29(4)16-14-22)26-24(18-21)28-19-31(26)23-9-7-6-8-10-23;3-2(4,5)1(6)7/h6-12,17-19,22H,13-16H2,1-5H3;(H,6,7). The number of rotatable bonds is 4. The largest absolute Gasteiger partial charge is 0.490 e. The lowest BCUT2D eigenvalue weighted by molar-refractivity contribution is -0.192. The molecule has 10 heteroatoms. The molecule has 0 atom stereocenters. The summed E-state index contributed by atoms with van der Waals surface area (Å²) in [7, 11) is 4.07. The van der Waals surface area contributed by atoms with Gasteiger partial charge in [-0.3, -0.25) is 9.36 Å². The Hall–Kier alpha value is -3.66. The molecule has 1 N–H and O–H groups in total. The van der Waals surface area contributed by atoms with Crippen LogP contribution in [-0.4, -0.2) is 75.7 Å². The van der Waals surface area contributed by atoms with Gasteiger partial charge in [-0.05, 0) is 74.3 Å². The van der Waals surface area contributed by atoms with Crippen LogP contribution in [0.3, 0.4) is 0 Å². The minimum atomic E-state index is -5.08. The van der Waals surface area contributed by atoms with Gasteiger partial charge >= 0.3 is 12.1 Å². The zero-order valence-electron chi connectivity index (χ0n) is 22.9. The normalized spacial score (nSPS) is 15.3. The van der Waals surface area contributed by atoms with Gasteiger partial charge in [0.05, 0.1) is 11.0 Å². The van der Waals surface area contributed by atoms with Crippen molar-refractivity contribution in [3.63, 3.8) is 0 Å². The van der Waals surface area contributed by atoms with E-state index in [1.165, 1.54) is 5.56 Å². The first-order chi connectivity index (χ1) is 18.2. The maximum Gasteiger partial charge on any atom is 0.490 e. The number of carboxylic acid groups (broad SMARTS) is 1. The van der Waals surface area contributed by atoms with Gasteiger partial charge in [-0.25, -0.2) is 9.78 Å². The molecule has 0 bridgehead atoms. The second kappa shape index (κ2) is 12.0. The van der Waals surface area contributed by atoms with Gasteiger partial charge in [0.1, 0.15) is 6.33 Å². The molecule has 1 saturated heterocycles. The Morgan fingerprint density at radius 1 is 1.08 bits per heavy atom. The lowest BCUT2D eigenvalue weighted by Crippen LogP contribution is -2.43. The van der Waals surface area contributed by atoms with Gasteiger partial charge in [-0.15, -0.1) is 0 Å². The number of benzene rings is 2. The molecule has 210 valence electrons. The smallest absolute Gasteiger partial charge is 0.475 e. The molecule has 0 spiro atoms. The molecule has 1 aromatic heterocycles. The van der Waals surface area contributed by atoms with E-state index in [-0.39, 0.29) is 11.3 Å². The van der Waals surface area contributed by atoms with Crippen LogP contribution < -0.4 is 0 Å². The van der Waals surface area contributed by atoms with Crippen LogP contribution in [0.1, 0.15) is 44.7 Å². The van der Waals surface area contributed by atoms with Crippen LogP contribution in [0.15, 0.2) is 54.9 Å². The number of likely N-dealkylation sites (N-methyl/N-ethyl adjacent to an activating group) is 1. The van der Waals surface area contributed by atoms with Gasteiger partial charge in [-0.2, -0.15) is 13.2 Å². The van der Waals surface area contributed by atoms with Crippen molar-refractivity contribution in [2.24, 2.45) is 0 Å². The molecule has 4 rings (SSSR count). The van der Waals surface area contributed by atoms with E-state index in [1.807, 2.05) is 42.6 Å². The minimum absolute atomic E-state index is 0.0117. The predicted octanol–water partition coefficient (Wildman–Crippen LogP) is 5.52. The highest BCUT2D eigenvalue weighted by Gasteiger charge is 2.38. The molecule has 0 saturated carbocycles. The average Bonchev–Trinajstić information content (AvgIpc) is 3.31. The summed E-state index contributed by atoms with van der Waals surface area (Å²) < 4.78 is 33.8. The number of aliphatic carboxylic acids is 1. The Bertz CT molecular complexity index is 1320. The molecular formula is C29H35F3N4O3. The summed E-state index contributed by atoms with van der Waals surface area (Å²) in [4.78, 5) is 30.8. The molecule has 2 aromatic carbocycles. The second-order valence-corrected chi connectivity index (χ2v) is 10.8. The second-order valence-electron chi connectivity index (χ2n) is 10.8. The van der Waals surface area contributed by atoms with Crippen molar-refractivity contribution in [2.45, 2.75) is 51.2 Å². The summed E-state index contributed by atoms with van der Waals surface area (Å²) in [6, 6.07) is 14.9. The third-order valence-corrected chi connectivity index (χ3v) is 6.80. The zero-order chi connectivity index (χ0) is 29.0. The maximum absolute atomic E-state index is 13.0. The summed E-state index contributed by atoms with van der Waals surface area (Å²) in [5.74, 6) is -2.70. The van der Waals surface area contributed by atoms with E-state index in [4.69, 9.17) is 14.9 Å². The van der Waals surface area contributed by atoms with Crippen molar-refractivity contribution in [3.05, 3.63) is 66.0 Å². The highest BCUT2D eigenvalue weighted by molar-refractivity contribution is 5.95. The molecule has 0 radical (unpaired) electrons. The number of carboxylic acids is 1. The molecule has 1 aliphatic heterocycles. The first-order valence-corrected chi connectivity index (χ1v) is 12.7. The van der Waals surface area contributed by atoms with Crippen molar-refractivity contribution >= 4 is 29.0 Å². The van der Waals surface area contributed by atoms with E-state index >= 15 is 0 Å². The van der Waals surface area contributed by atoms with Gasteiger partial charge in [0.15, 0.2) is 0 Å². The number of aromatic nitrogens is 2. The zero-order valence-corrected chi connectivity index (χ0v) is 22.9. The number of carbonyl (C=O) groups excluding carboxylic acids is 1. The van der Waals surface area contributed by atoms with Crippen LogP contribution in [0, 0.1) is 0 Å². The van der Waals surface area contributed by atoms with Crippen LogP contribution >= 0.6 is 0 Å². The molecule has 1 fully saturated rings. The molecule has 39 heavy (non-hydrogen) atoms. The average molecular weight is 545 g/mol. The van der Waals surface area contributed by atoms with Gasteiger partial charge < -0.3 is 14.9 Å². The summed E-state index contributed by atoms with van der Waals surface area (Å²) in [6.45, 7) is 8.69. The topological polar surface area (TPSA) is 78.7 Å². The van der Waals surface area contributed by atoms with Crippen LogP contribution in [0.5, 0.6) is 0 Å². The van der Waals surface area contributed by atoms with Gasteiger partial charge in [0, 0.05) is 30.4 Å². The fourth-order valence-corrected chi connectivity index (χ4v) is 4.36.